The fraction of sp³-hybridized carbons (Fsp3) is 0.182. The number of halogens is 1. The van der Waals surface area contributed by atoms with Crippen LogP contribution in [0.1, 0.15) is 13.8 Å². The molecule has 1 aromatic carbocycles. The SMILES string of the molecule is CC(=O)/C=C(\C)Nc1cccc(Cl)c1. The molecule has 0 spiro atoms. The molecule has 0 amide bonds. The van der Waals surface area contributed by atoms with Crippen LogP contribution in [0.4, 0.5) is 5.69 Å². The van der Waals surface area contributed by atoms with Crippen molar-refractivity contribution in [3.63, 3.8) is 0 Å². The average Bonchev–Trinajstić information content (AvgIpc) is 2.01. The zero-order chi connectivity index (χ0) is 10.6. The van der Waals surface area contributed by atoms with Crippen LogP contribution in [0, 0.1) is 0 Å². The summed E-state index contributed by atoms with van der Waals surface area (Å²) in [5.41, 5.74) is 1.69. The third-order valence-corrected chi connectivity index (χ3v) is 1.82. The number of hydrogen-bond acceptors (Lipinski definition) is 2. The Kier molecular flexibility index (Phi) is 3.72. The third kappa shape index (κ3) is 3.62. The van der Waals surface area contributed by atoms with Crippen LogP contribution in [0.15, 0.2) is 36.0 Å². The van der Waals surface area contributed by atoms with Gasteiger partial charge in [0.1, 0.15) is 0 Å². The Balaban J connectivity index is 2.74. The van der Waals surface area contributed by atoms with Gasteiger partial charge in [0.05, 0.1) is 0 Å². The molecule has 1 aromatic rings. The summed E-state index contributed by atoms with van der Waals surface area (Å²) in [6.07, 6.45) is 1.54. The second-order valence-corrected chi connectivity index (χ2v) is 3.51. The maximum Gasteiger partial charge on any atom is 0.154 e. The number of ketones is 1. The first kappa shape index (κ1) is 10.8. The van der Waals surface area contributed by atoms with Crippen molar-refractivity contribution < 1.29 is 4.79 Å². The van der Waals surface area contributed by atoms with E-state index in [-0.39, 0.29) is 5.78 Å². The number of carbonyl (C=O) groups excluding carboxylic acids is 1. The lowest BCUT2D eigenvalue weighted by Gasteiger charge is -2.05. The van der Waals surface area contributed by atoms with Crippen LogP contribution in [0.3, 0.4) is 0 Å². The highest BCUT2D eigenvalue weighted by atomic mass is 35.5. The summed E-state index contributed by atoms with van der Waals surface area (Å²) < 4.78 is 0. The number of allylic oxidation sites excluding steroid dienone is 2. The Morgan fingerprint density at radius 3 is 2.71 bits per heavy atom. The minimum atomic E-state index is 0.0250. The molecule has 0 atom stereocenters. The predicted molar refractivity (Wildman–Crippen MR) is 59.5 cm³/mol. The molecule has 14 heavy (non-hydrogen) atoms. The van der Waals surface area contributed by atoms with Crippen LogP contribution < -0.4 is 5.32 Å². The molecular formula is C11H12ClNO. The van der Waals surface area contributed by atoms with E-state index < -0.39 is 0 Å². The first-order valence-electron chi connectivity index (χ1n) is 4.29. The van der Waals surface area contributed by atoms with E-state index >= 15 is 0 Å². The lowest BCUT2D eigenvalue weighted by molar-refractivity contribution is -0.112. The molecule has 0 aliphatic rings. The second kappa shape index (κ2) is 4.82. The van der Waals surface area contributed by atoms with Crippen LogP contribution >= 0.6 is 11.6 Å². The summed E-state index contributed by atoms with van der Waals surface area (Å²) in [7, 11) is 0. The van der Waals surface area contributed by atoms with Crippen LogP contribution in [0.2, 0.25) is 5.02 Å². The summed E-state index contributed by atoms with van der Waals surface area (Å²) in [5.74, 6) is 0.0250. The molecule has 0 radical (unpaired) electrons. The van der Waals surface area contributed by atoms with Gasteiger partial charge in [0.2, 0.25) is 0 Å². The average molecular weight is 210 g/mol. The lowest BCUT2D eigenvalue weighted by Crippen LogP contribution is -1.97. The molecular weight excluding hydrogens is 198 g/mol. The van der Waals surface area contributed by atoms with Crippen molar-refractivity contribution in [2.45, 2.75) is 13.8 Å². The van der Waals surface area contributed by atoms with Crippen molar-refractivity contribution in [1.29, 1.82) is 0 Å². The van der Waals surface area contributed by atoms with E-state index in [1.54, 1.807) is 18.2 Å². The lowest BCUT2D eigenvalue weighted by atomic mass is 10.3. The van der Waals surface area contributed by atoms with Crippen LogP contribution in [-0.2, 0) is 4.79 Å². The van der Waals surface area contributed by atoms with Crippen molar-refractivity contribution in [3.8, 4) is 0 Å². The minimum Gasteiger partial charge on any atom is -0.359 e. The topological polar surface area (TPSA) is 29.1 Å². The molecule has 0 aliphatic carbocycles. The zero-order valence-electron chi connectivity index (χ0n) is 8.17. The van der Waals surface area contributed by atoms with Crippen LogP contribution in [0.5, 0.6) is 0 Å². The number of hydrogen-bond donors (Lipinski definition) is 1. The fourth-order valence-electron chi connectivity index (χ4n) is 1.13. The van der Waals surface area contributed by atoms with E-state index in [1.807, 2.05) is 19.1 Å². The van der Waals surface area contributed by atoms with Gasteiger partial charge in [-0.25, -0.2) is 0 Å². The standard InChI is InChI=1S/C11H12ClNO/c1-8(6-9(2)14)13-11-5-3-4-10(12)7-11/h3-7,13H,1-2H3/b8-6+. The monoisotopic (exact) mass is 209 g/mol. The maximum atomic E-state index is 10.8. The van der Waals surface area contributed by atoms with Crippen LogP contribution in [0.25, 0.3) is 0 Å². The molecule has 0 saturated carbocycles. The van der Waals surface area contributed by atoms with E-state index in [0.29, 0.717) is 5.02 Å². The molecule has 1 rings (SSSR count). The van der Waals surface area contributed by atoms with Gasteiger partial charge < -0.3 is 5.32 Å². The van der Waals surface area contributed by atoms with E-state index in [9.17, 15) is 4.79 Å². The zero-order valence-corrected chi connectivity index (χ0v) is 8.93. The molecule has 0 aliphatic heterocycles. The maximum absolute atomic E-state index is 10.8. The molecule has 0 fully saturated rings. The normalized spacial score (nSPS) is 11.2. The number of nitrogens with one attached hydrogen (secondary N) is 1. The van der Waals surface area contributed by atoms with Gasteiger partial charge in [-0.15, -0.1) is 0 Å². The molecule has 0 bridgehead atoms. The second-order valence-electron chi connectivity index (χ2n) is 3.07. The van der Waals surface area contributed by atoms with E-state index in [0.717, 1.165) is 11.4 Å². The van der Waals surface area contributed by atoms with Crippen molar-refractivity contribution in [2.24, 2.45) is 0 Å². The molecule has 0 saturated heterocycles. The smallest absolute Gasteiger partial charge is 0.154 e. The predicted octanol–water partition coefficient (Wildman–Crippen LogP) is 3.24. The van der Waals surface area contributed by atoms with Gasteiger partial charge in [0, 0.05) is 16.4 Å². The summed E-state index contributed by atoms with van der Waals surface area (Å²) in [4.78, 5) is 10.8. The first-order valence-corrected chi connectivity index (χ1v) is 4.67. The Hall–Kier alpha value is -1.28. The number of anilines is 1. The van der Waals surface area contributed by atoms with Gasteiger partial charge in [0.15, 0.2) is 5.78 Å². The minimum absolute atomic E-state index is 0.0250. The Labute approximate surface area is 88.6 Å². The van der Waals surface area contributed by atoms with Crippen molar-refractivity contribution in [1.82, 2.24) is 0 Å². The third-order valence-electron chi connectivity index (χ3n) is 1.59. The molecule has 1 N–H and O–H groups in total. The summed E-state index contributed by atoms with van der Waals surface area (Å²) >= 11 is 5.81. The van der Waals surface area contributed by atoms with Gasteiger partial charge in [0.25, 0.3) is 0 Å². The molecule has 3 heteroatoms. The summed E-state index contributed by atoms with van der Waals surface area (Å²) in [6.45, 7) is 3.35. The Morgan fingerprint density at radius 2 is 2.14 bits per heavy atom. The Bertz CT molecular complexity index is 371. The van der Waals surface area contributed by atoms with E-state index in [4.69, 9.17) is 11.6 Å². The molecule has 2 nitrogen and oxygen atoms in total. The highest BCUT2D eigenvalue weighted by Crippen LogP contribution is 2.16. The van der Waals surface area contributed by atoms with Gasteiger partial charge in [-0.3, -0.25) is 4.79 Å². The van der Waals surface area contributed by atoms with Gasteiger partial charge >= 0.3 is 0 Å². The highest BCUT2D eigenvalue weighted by molar-refractivity contribution is 6.30. The van der Waals surface area contributed by atoms with Crippen LogP contribution in [-0.4, -0.2) is 5.78 Å². The van der Waals surface area contributed by atoms with E-state index in [2.05, 4.69) is 5.32 Å². The number of benzene rings is 1. The number of carbonyl (C=O) groups is 1. The largest absolute Gasteiger partial charge is 0.359 e. The fourth-order valence-corrected chi connectivity index (χ4v) is 1.33. The highest BCUT2D eigenvalue weighted by Gasteiger charge is 1.95. The van der Waals surface area contributed by atoms with Crippen molar-refractivity contribution in [3.05, 3.63) is 41.1 Å². The van der Waals surface area contributed by atoms with Gasteiger partial charge in [-0.1, -0.05) is 17.7 Å². The van der Waals surface area contributed by atoms with Gasteiger partial charge in [-0.2, -0.15) is 0 Å². The first-order chi connectivity index (χ1) is 6.58. The van der Waals surface area contributed by atoms with E-state index in [1.165, 1.54) is 6.92 Å². The van der Waals surface area contributed by atoms with Gasteiger partial charge in [-0.05, 0) is 38.1 Å². The van der Waals surface area contributed by atoms with Crippen molar-refractivity contribution >= 4 is 23.1 Å². The molecule has 0 aromatic heterocycles. The Morgan fingerprint density at radius 1 is 1.43 bits per heavy atom. The number of rotatable bonds is 3. The molecule has 0 unspecified atom stereocenters. The summed E-state index contributed by atoms with van der Waals surface area (Å²) in [5, 5.41) is 3.74. The quantitative estimate of drug-likeness (QED) is 0.775. The van der Waals surface area contributed by atoms with Crippen molar-refractivity contribution in [2.75, 3.05) is 5.32 Å². The summed E-state index contributed by atoms with van der Waals surface area (Å²) in [6, 6.07) is 7.35. The molecule has 74 valence electrons. The molecule has 0 heterocycles.